The molecular formula is C34H32ClFN2O4. The number of anilines is 1. The highest BCUT2D eigenvalue weighted by molar-refractivity contribution is 6.31. The minimum absolute atomic E-state index is 0.0806. The molecule has 6 nitrogen and oxygen atoms in total. The van der Waals surface area contributed by atoms with Crippen LogP contribution in [0.3, 0.4) is 0 Å². The topological polar surface area (TPSA) is 76.7 Å². The Morgan fingerprint density at radius 2 is 1.48 bits per heavy atom. The van der Waals surface area contributed by atoms with Crippen LogP contribution in [0.2, 0.25) is 5.02 Å². The maximum Gasteiger partial charge on any atom is 0.249 e. The molecule has 1 aliphatic carbocycles. The first-order valence-electron chi connectivity index (χ1n) is 14.0. The molecule has 1 atom stereocenters. The van der Waals surface area contributed by atoms with Crippen molar-refractivity contribution in [3.8, 4) is 11.5 Å². The SMILES string of the molecule is O=C(Nc1ccc(Oc2ccccc2)cc1)C(COCc1ccccc1)NC(=O)C1(c2c(F)cccc2Cl)CCCC1. The lowest BCUT2D eigenvalue weighted by molar-refractivity contribution is -0.132. The molecule has 0 bridgehead atoms. The van der Waals surface area contributed by atoms with E-state index in [0.717, 1.165) is 18.4 Å². The van der Waals surface area contributed by atoms with Gasteiger partial charge in [-0.3, -0.25) is 9.59 Å². The van der Waals surface area contributed by atoms with Crippen LogP contribution in [0.5, 0.6) is 11.5 Å². The van der Waals surface area contributed by atoms with E-state index < -0.39 is 29.1 Å². The highest BCUT2D eigenvalue weighted by Crippen LogP contribution is 2.45. The van der Waals surface area contributed by atoms with Gasteiger partial charge in [0.1, 0.15) is 23.4 Å². The van der Waals surface area contributed by atoms with Crippen molar-refractivity contribution in [2.45, 2.75) is 43.7 Å². The van der Waals surface area contributed by atoms with E-state index >= 15 is 4.39 Å². The summed E-state index contributed by atoms with van der Waals surface area (Å²) >= 11 is 6.43. The fourth-order valence-corrected chi connectivity index (χ4v) is 5.68. The van der Waals surface area contributed by atoms with Crippen molar-refractivity contribution in [1.82, 2.24) is 5.32 Å². The molecule has 0 spiro atoms. The molecule has 42 heavy (non-hydrogen) atoms. The summed E-state index contributed by atoms with van der Waals surface area (Å²) in [7, 11) is 0. The number of carbonyl (C=O) groups is 2. The molecule has 0 aliphatic heterocycles. The monoisotopic (exact) mass is 586 g/mol. The van der Waals surface area contributed by atoms with Crippen LogP contribution in [0.25, 0.3) is 0 Å². The number of amides is 2. The summed E-state index contributed by atoms with van der Waals surface area (Å²) in [6.45, 7) is 0.180. The normalized spacial score (nSPS) is 14.6. The second-order valence-electron chi connectivity index (χ2n) is 10.3. The number of rotatable bonds is 11. The van der Waals surface area contributed by atoms with Crippen LogP contribution >= 0.6 is 11.6 Å². The van der Waals surface area contributed by atoms with Crippen LogP contribution in [0, 0.1) is 5.82 Å². The zero-order chi connectivity index (χ0) is 29.4. The minimum atomic E-state index is -1.17. The molecule has 0 radical (unpaired) electrons. The van der Waals surface area contributed by atoms with E-state index in [1.54, 1.807) is 30.3 Å². The van der Waals surface area contributed by atoms with Gasteiger partial charge in [0, 0.05) is 16.3 Å². The summed E-state index contributed by atoms with van der Waals surface area (Å²) in [6.07, 6.45) is 2.36. The van der Waals surface area contributed by atoms with Gasteiger partial charge in [0.05, 0.1) is 18.6 Å². The molecule has 2 amide bonds. The first-order chi connectivity index (χ1) is 20.4. The Morgan fingerprint density at radius 3 is 2.14 bits per heavy atom. The standard InChI is InChI=1S/C34H32ClFN2O4/c35-28-14-9-15-29(36)31(28)34(20-7-8-21-34)33(40)38-30(23-41-22-24-10-3-1-4-11-24)32(39)37-25-16-18-27(19-17-25)42-26-12-5-2-6-13-26/h1-6,9-19,30H,7-8,20-23H2,(H,37,39)(H,38,40). The maximum atomic E-state index is 15.1. The van der Waals surface area contributed by atoms with E-state index in [2.05, 4.69) is 10.6 Å². The Kier molecular flexibility index (Phi) is 9.52. The molecule has 2 N–H and O–H groups in total. The number of benzene rings is 4. The van der Waals surface area contributed by atoms with Gasteiger partial charge >= 0.3 is 0 Å². The minimum Gasteiger partial charge on any atom is -0.457 e. The summed E-state index contributed by atoms with van der Waals surface area (Å²) in [5.74, 6) is -0.120. The first kappa shape index (κ1) is 29.3. The van der Waals surface area contributed by atoms with Gasteiger partial charge in [0.25, 0.3) is 0 Å². The summed E-state index contributed by atoms with van der Waals surface area (Å²) in [4.78, 5) is 27.4. The average Bonchev–Trinajstić information content (AvgIpc) is 3.49. The summed E-state index contributed by atoms with van der Waals surface area (Å²) < 4.78 is 26.8. The second kappa shape index (κ2) is 13.6. The Bertz CT molecular complexity index is 1470. The van der Waals surface area contributed by atoms with Gasteiger partial charge in [0.2, 0.25) is 11.8 Å². The van der Waals surface area contributed by atoms with Gasteiger partial charge in [-0.2, -0.15) is 0 Å². The fraction of sp³-hybridized carbons (Fsp3) is 0.235. The van der Waals surface area contributed by atoms with Gasteiger partial charge in [-0.05, 0) is 66.9 Å². The molecule has 4 aromatic carbocycles. The number of ether oxygens (including phenoxy) is 2. The third-order valence-corrected chi connectivity index (χ3v) is 7.77. The predicted octanol–water partition coefficient (Wildman–Crippen LogP) is 7.42. The lowest BCUT2D eigenvalue weighted by atomic mass is 9.77. The molecule has 0 heterocycles. The van der Waals surface area contributed by atoms with Crippen molar-refractivity contribution in [2.75, 3.05) is 11.9 Å². The van der Waals surface area contributed by atoms with Crippen molar-refractivity contribution < 1.29 is 23.5 Å². The van der Waals surface area contributed by atoms with Crippen LogP contribution in [0.15, 0.2) is 103 Å². The van der Waals surface area contributed by atoms with Gasteiger partial charge in [-0.25, -0.2) is 4.39 Å². The second-order valence-corrected chi connectivity index (χ2v) is 10.7. The van der Waals surface area contributed by atoms with Crippen molar-refractivity contribution in [3.05, 3.63) is 125 Å². The lowest BCUT2D eigenvalue weighted by Crippen LogP contribution is -2.53. The van der Waals surface area contributed by atoms with Gasteiger partial charge in [-0.1, -0.05) is 79.0 Å². The number of hydrogen-bond acceptors (Lipinski definition) is 4. The summed E-state index contributed by atoms with van der Waals surface area (Å²) in [6, 6.07) is 29.2. The molecule has 216 valence electrons. The quantitative estimate of drug-likeness (QED) is 0.192. The molecule has 1 fully saturated rings. The van der Waals surface area contributed by atoms with Crippen LogP contribution in [0.4, 0.5) is 10.1 Å². The van der Waals surface area contributed by atoms with E-state index in [4.69, 9.17) is 21.1 Å². The van der Waals surface area contributed by atoms with Crippen molar-refractivity contribution in [2.24, 2.45) is 0 Å². The van der Waals surface area contributed by atoms with E-state index in [-0.39, 0.29) is 23.8 Å². The molecule has 1 unspecified atom stereocenters. The molecule has 0 aromatic heterocycles. The zero-order valence-electron chi connectivity index (χ0n) is 23.0. The number of carbonyl (C=O) groups excluding carboxylic acids is 2. The largest absolute Gasteiger partial charge is 0.457 e. The molecule has 1 saturated carbocycles. The Labute approximate surface area is 249 Å². The number of para-hydroxylation sites is 1. The van der Waals surface area contributed by atoms with Crippen LogP contribution in [-0.4, -0.2) is 24.5 Å². The molecule has 8 heteroatoms. The third-order valence-electron chi connectivity index (χ3n) is 7.45. The van der Waals surface area contributed by atoms with E-state index in [1.807, 2.05) is 60.7 Å². The number of hydrogen-bond donors (Lipinski definition) is 2. The fourth-order valence-electron chi connectivity index (χ4n) is 5.33. The van der Waals surface area contributed by atoms with E-state index in [1.165, 1.54) is 12.1 Å². The molecular weight excluding hydrogens is 555 g/mol. The summed E-state index contributed by atoms with van der Waals surface area (Å²) in [5.41, 5.74) is 0.467. The predicted molar refractivity (Wildman–Crippen MR) is 161 cm³/mol. The number of halogens is 2. The Balaban J connectivity index is 1.32. The highest BCUT2D eigenvalue weighted by Gasteiger charge is 2.46. The van der Waals surface area contributed by atoms with E-state index in [0.29, 0.717) is 30.0 Å². The summed E-state index contributed by atoms with van der Waals surface area (Å²) in [5, 5.41) is 5.94. The molecule has 5 rings (SSSR count). The smallest absolute Gasteiger partial charge is 0.249 e. The maximum absolute atomic E-state index is 15.1. The third kappa shape index (κ3) is 6.98. The Morgan fingerprint density at radius 1 is 0.833 bits per heavy atom. The number of nitrogens with one attached hydrogen (secondary N) is 2. The van der Waals surface area contributed by atoms with Crippen molar-refractivity contribution in [3.63, 3.8) is 0 Å². The lowest BCUT2D eigenvalue weighted by Gasteiger charge is -2.31. The Hall–Kier alpha value is -4.20. The highest BCUT2D eigenvalue weighted by atomic mass is 35.5. The van der Waals surface area contributed by atoms with Crippen molar-refractivity contribution >= 4 is 29.1 Å². The molecule has 1 aliphatic rings. The average molecular weight is 587 g/mol. The zero-order valence-corrected chi connectivity index (χ0v) is 23.8. The van der Waals surface area contributed by atoms with Crippen LogP contribution < -0.4 is 15.4 Å². The van der Waals surface area contributed by atoms with Gasteiger partial charge < -0.3 is 20.1 Å². The van der Waals surface area contributed by atoms with Crippen molar-refractivity contribution in [1.29, 1.82) is 0 Å². The van der Waals surface area contributed by atoms with Gasteiger partial charge in [0.15, 0.2) is 0 Å². The van der Waals surface area contributed by atoms with Crippen LogP contribution in [0.1, 0.15) is 36.8 Å². The molecule has 0 saturated heterocycles. The van der Waals surface area contributed by atoms with Gasteiger partial charge in [-0.15, -0.1) is 0 Å². The van der Waals surface area contributed by atoms with Crippen LogP contribution in [-0.2, 0) is 26.3 Å². The molecule has 4 aromatic rings. The first-order valence-corrected chi connectivity index (χ1v) is 14.3. The van der Waals surface area contributed by atoms with E-state index in [9.17, 15) is 9.59 Å².